The minimum atomic E-state index is -3.46. The van der Waals surface area contributed by atoms with Gasteiger partial charge in [-0.2, -0.15) is 0 Å². The number of rotatable bonds is 5. The molecule has 0 aromatic heterocycles. The van der Waals surface area contributed by atoms with E-state index < -0.39 is 14.9 Å². The number of piperazine rings is 1. The van der Waals surface area contributed by atoms with E-state index in [1.54, 1.807) is 6.07 Å². The van der Waals surface area contributed by atoms with Gasteiger partial charge in [-0.05, 0) is 12.0 Å². The monoisotopic (exact) mass is 354 g/mol. The largest absolute Gasteiger partial charge is 0.314 e. The Kier molecular flexibility index (Phi) is 5.14. The Balaban J connectivity index is 1.65. The van der Waals surface area contributed by atoms with E-state index in [-0.39, 0.29) is 17.5 Å². The highest BCUT2D eigenvalue weighted by molar-refractivity contribution is 7.88. The second-order valence-corrected chi connectivity index (χ2v) is 8.24. The van der Waals surface area contributed by atoms with E-state index in [1.807, 2.05) is 0 Å². The van der Waals surface area contributed by atoms with Crippen LogP contribution in [0.15, 0.2) is 24.3 Å². The Bertz CT molecular complexity index is 703. The van der Waals surface area contributed by atoms with Crippen molar-refractivity contribution in [3.63, 3.8) is 0 Å². The lowest BCUT2D eigenvalue weighted by molar-refractivity contribution is -0.384. The van der Waals surface area contributed by atoms with Gasteiger partial charge in [0.2, 0.25) is 10.0 Å². The second-order valence-electron chi connectivity index (χ2n) is 6.27. The summed E-state index contributed by atoms with van der Waals surface area (Å²) in [6.45, 7) is 4.81. The third-order valence-electron chi connectivity index (χ3n) is 4.66. The van der Waals surface area contributed by atoms with Gasteiger partial charge in [0.15, 0.2) is 0 Å². The molecular weight excluding hydrogens is 332 g/mol. The first-order valence-corrected chi connectivity index (χ1v) is 9.72. The first kappa shape index (κ1) is 17.3. The van der Waals surface area contributed by atoms with Crippen LogP contribution in [-0.2, 0) is 15.8 Å². The summed E-state index contributed by atoms with van der Waals surface area (Å²) >= 11 is 0. The number of non-ortho nitro benzene ring substituents is 1. The molecule has 0 amide bonds. The molecule has 132 valence electrons. The molecule has 0 aliphatic carbocycles. The molecule has 1 aromatic carbocycles. The fourth-order valence-corrected chi connectivity index (χ4v) is 4.94. The molecule has 9 heteroatoms. The first-order chi connectivity index (χ1) is 11.5. The lowest BCUT2D eigenvalue weighted by Crippen LogP contribution is -2.49. The molecule has 1 unspecified atom stereocenters. The van der Waals surface area contributed by atoms with Crippen molar-refractivity contribution < 1.29 is 13.3 Å². The highest BCUT2D eigenvalue weighted by atomic mass is 32.2. The molecule has 1 atom stereocenters. The molecule has 3 rings (SSSR count). The Morgan fingerprint density at radius 2 is 2.00 bits per heavy atom. The fraction of sp³-hybridized carbons (Fsp3) is 0.600. The van der Waals surface area contributed by atoms with Gasteiger partial charge in [0.05, 0.1) is 10.7 Å². The van der Waals surface area contributed by atoms with Crippen molar-refractivity contribution in [1.82, 2.24) is 14.5 Å². The maximum atomic E-state index is 12.6. The van der Waals surface area contributed by atoms with Gasteiger partial charge >= 0.3 is 0 Å². The molecule has 24 heavy (non-hydrogen) atoms. The number of nitro groups is 1. The molecule has 2 aliphatic heterocycles. The van der Waals surface area contributed by atoms with E-state index in [9.17, 15) is 18.5 Å². The van der Waals surface area contributed by atoms with Gasteiger partial charge in [-0.25, -0.2) is 12.7 Å². The molecule has 2 saturated heterocycles. The van der Waals surface area contributed by atoms with Gasteiger partial charge in [0.25, 0.3) is 5.69 Å². The van der Waals surface area contributed by atoms with Crippen LogP contribution in [0.4, 0.5) is 5.69 Å². The van der Waals surface area contributed by atoms with Crippen molar-refractivity contribution in [3.05, 3.63) is 39.9 Å². The first-order valence-electron chi connectivity index (χ1n) is 8.11. The topological polar surface area (TPSA) is 95.8 Å². The molecule has 0 spiro atoms. The Hall–Kier alpha value is -1.55. The van der Waals surface area contributed by atoms with Gasteiger partial charge in [0, 0.05) is 57.4 Å². The molecule has 2 heterocycles. The van der Waals surface area contributed by atoms with Crippen molar-refractivity contribution in [2.24, 2.45) is 0 Å². The number of benzene rings is 1. The van der Waals surface area contributed by atoms with E-state index >= 15 is 0 Å². The van der Waals surface area contributed by atoms with Crippen LogP contribution >= 0.6 is 0 Å². The van der Waals surface area contributed by atoms with Gasteiger partial charge in [-0.3, -0.25) is 15.0 Å². The third-order valence-corrected chi connectivity index (χ3v) is 6.47. The van der Waals surface area contributed by atoms with Gasteiger partial charge < -0.3 is 5.32 Å². The zero-order valence-corrected chi connectivity index (χ0v) is 14.2. The molecule has 2 aliphatic rings. The minimum absolute atomic E-state index is 0.0807. The number of nitrogens with zero attached hydrogens (tertiary/aromatic N) is 3. The number of hydrogen-bond donors (Lipinski definition) is 1. The summed E-state index contributed by atoms with van der Waals surface area (Å²) in [5, 5.41) is 14.1. The Morgan fingerprint density at radius 1 is 1.25 bits per heavy atom. The van der Waals surface area contributed by atoms with Crippen molar-refractivity contribution in [2.45, 2.75) is 18.2 Å². The van der Waals surface area contributed by atoms with E-state index in [4.69, 9.17) is 0 Å². The average molecular weight is 354 g/mol. The summed E-state index contributed by atoms with van der Waals surface area (Å²) in [6, 6.07) is 6.12. The van der Waals surface area contributed by atoms with Crippen molar-refractivity contribution >= 4 is 15.7 Å². The molecular formula is C15H22N4O4S. The standard InChI is InChI=1S/C15H22N4O4S/c20-19(21)14-3-1-2-13(10-14)12-24(22,23)18-7-4-15(11-18)17-8-5-16-6-9-17/h1-3,10,15-16H,4-9,11-12H2. The summed E-state index contributed by atoms with van der Waals surface area (Å²) in [5.74, 6) is -0.192. The quantitative estimate of drug-likeness (QED) is 0.608. The van der Waals surface area contributed by atoms with Crippen molar-refractivity contribution in [2.75, 3.05) is 39.3 Å². The van der Waals surface area contributed by atoms with Crippen LogP contribution in [0.3, 0.4) is 0 Å². The van der Waals surface area contributed by atoms with Crippen LogP contribution in [0.25, 0.3) is 0 Å². The lowest BCUT2D eigenvalue weighted by atomic mass is 10.2. The van der Waals surface area contributed by atoms with Crippen LogP contribution in [0.1, 0.15) is 12.0 Å². The molecule has 0 radical (unpaired) electrons. The number of nitrogens with one attached hydrogen (secondary N) is 1. The van der Waals surface area contributed by atoms with Crippen molar-refractivity contribution in [3.8, 4) is 0 Å². The molecule has 1 N–H and O–H groups in total. The predicted molar refractivity (Wildman–Crippen MR) is 90.1 cm³/mol. The zero-order chi connectivity index (χ0) is 17.2. The number of sulfonamides is 1. The van der Waals surface area contributed by atoms with Crippen molar-refractivity contribution in [1.29, 1.82) is 0 Å². The Labute approximate surface area is 141 Å². The average Bonchev–Trinajstić information content (AvgIpc) is 3.06. The zero-order valence-electron chi connectivity index (χ0n) is 13.4. The summed E-state index contributed by atoms with van der Waals surface area (Å²) in [4.78, 5) is 12.7. The molecule has 2 fully saturated rings. The minimum Gasteiger partial charge on any atom is -0.314 e. The Morgan fingerprint density at radius 3 is 2.71 bits per heavy atom. The van der Waals surface area contributed by atoms with Gasteiger partial charge in [0.1, 0.15) is 0 Å². The van der Waals surface area contributed by atoms with Gasteiger partial charge in [-0.15, -0.1) is 0 Å². The van der Waals surface area contributed by atoms with Gasteiger partial charge in [-0.1, -0.05) is 12.1 Å². The second kappa shape index (κ2) is 7.14. The maximum Gasteiger partial charge on any atom is 0.269 e. The van der Waals surface area contributed by atoms with Crippen LogP contribution in [-0.4, -0.2) is 67.9 Å². The maximum absolute atomic E-state index is 12.6. The molecule has 0 saturated carbocycles. The van der Waals surface area contributed by atoms with Crippen LogP contribution < -0.4 is 5.32 Å². The van der Waals surface area contributed by atoms with Crippen LogP contribution in [0, 0.1) is 10.1 Å². The summed E-state index contributed by atoms with van der Waals surface area (Å²) in [7, 11) is -3.46. The van der Waals surface area contributed by atoms with E-state index in [1.165, 1.54) is 22.5 Å². The predicted octanol–water partition coefficient (Wildman–Crippen LogP) is 0.404. The van der Waals surface area contributed by atoms with E-state index in [0.717, 1.165) is 32.6 Å². The molecule has 1 aromatic rings. The number of nitro benzene ring substituents is 1. The van der Waals surface area contributed by atoms with Crippen LogP contribution in [0.5, 0.6) is 0 Å². The smallest absolute Gasteiger partial charge is 0.269 e. The highest BCUT2D eigenvalue weighted by Gasteiger charge is 2.34. The van der Waals surface area contributed by atoms with E-state index in [2.05, 4.69) is 10.2 Å². The molecule has 8 nitrogen and oxygen atoms in total. The highest BCUT2D eigenvalue weighted by Crippen LogP contribution is 2.22. The third kappa shape index (κ3) is 3.92. The normalized spacial score (nSPS) is 23.4. The van der Waals surface area contributed by atoms with E-state index in [0.29, 0.717) is 18.7 Å². The fourth-order valence-electron chi connectivity index (χ4n) is 3.37. The number of hydrogen-bond acceptors (Lipinski definition) is 6. The molecule has 0 bridgehead atoms. The summed E-state index contributed by atoms with van der Waals surface area (Å²) in [6.07, 6.45) is 0.841. The summed E-state index contributed by atoms with van der Waals surface area (Å²) < 4.78 is 26.8. The lowest BCUT2D eigenvalue weighted by Gasteiger charge is -2.32. The van der Waals surface area contributed by atoms with Crippen LogP contribution in [0.2, 0.25) is 0 Å². The summed E-state index contributed by atoms with van der Waals surface area (Å²) in [5.41, 5.74) is 0.373. The SMILES string of the molecule is O=[N+]([O-])c1cccc(CS(=O)(=O)N2CCC(N3CCNCC3)C2)c1.